The second kappa shape index (κ2) is 4.19. The summed E-state index contributed by atoms with van der Waals surface area (Å²) in [6.45, 7) is 0. The minimum Gasteiger partial charge on any atom is -0.506 e. The quantitative estimate of drug-likeness (QED) is 0.736. The normalized spacial score (nSPS) is 11.0. The summed E-state index contributed by atoms with van der Waals surface area (Å²) in [4.78, 5) is 8.98. The van der Waals surface area contributed by atoms with Crippen LogP contribution in [0.4, 0.5) is 4.39 Å². The van der Waals surface area contributed by atoms with E-state index in [0.29, 0.717) is 5.69 Å². The van der Waals surface area contributed by atoms with Crippen LogP contribution < -0.4 is 0 Å². The maximum absolute atomic E-state index is 13.9. The molecule has 18 heavy (non-hydrogen) atoms. The van der Waals surface area contributed by atoms with Crippen molar-refractivity contribution in [2.45, 2.75) is 0 Å². The average Bonchev–Trinajstić information content (AvgIpc) is 2.82. The fourth-order valence-electron chi connectivity index (χ4n) is 1.72. The third-order valence-corrected chi connectivity index (χ3v) is 3.68. The van der Waals surface area contributed by atoms with E-state index in [4.69, 9.17) is 11.6 Å². The monoisotopic (exact) mass is 280 g/mol. The predicted molar refractivity (Wildman–Crippen MR) is 69.5 cm³/mol. The lowest BCUT2D eigenvalue weighted by atomic mass is 10.1. The van der Waals surface area contributed by atoms with Gasteiger partial charge in [-0.2, -0.15) is 0 Å². The molecule has 0 bridgehead atoms. The van der Waals surface area contributed by atoms with Crippen molar-refractivity contribution in [1.82, 2.24) is 9.97 Å². The number of aromatic hydroxyl groups is 1. The summed E-state index contributed by atoms with van der Waals surface area (Å²) in [5.41, 5.74) is 0.726. The third kappa shape index (κ3) is 1.72. The van der Waals surface area contributed by atoms with E-state index in [1.165, 1.54) is 23.7 Å². The molecule has 2 aromatic heterocycles. The highest BCUT2D eigenvalue weighted by molar-refractivity contribution is 7.16. The van der Waals surface area contributed by atoms with Gasteiger partial charge in [0.2, 0.25) is 0 Å². The number of fused-ring (bicyclic) bond motifs is 1. The summed E-state index contributed by atoms with van der Waals surface area (Å²) in [5.74, 6) is -0.850. The summed E-state index contributed by atoms with van der Waals surface area (Å²) in [6, 6.07) is 4.18. The van der Waals surface area contributed by atoms with Crippen molar-refractivity contribution < 1.29 is 9.50 Å². The minimum atomic E-state index is -0.567. The Labute approximate surface area is 111 Å². The maximum Gasteiger partial charge on any atom is 0.137 e. The molecule has 2 heterocycles. The largest absolute Gasteiger partial charge is 0.506 e. The zero-order valence-electron chi connectivity index (χ0n) is 8.89. The summed E-state index contributed by atoms with van der Waals surface area (Å²) in [6.07, 6.45) is 1.38. The molecule has 0 atom stereocenters. The number of hydrogen-bond donors (Lipinski definition) is 1. The number of halogens is 2. The van der Waals surface area contributed by atoms with Crippen LogP contribution in [0.5, 0.6) is 5.75 Å². The first-order valence-electron chi connectivity index (χ1n) is 5.03. The number of thiophene rings is 1. The lowest BCUT2D eigenvalue weighted by Crippen LogP contribution is -1.90. The third-order valence-electron chi connectivity index (χ3n) is 2.55. The van der Waals surface area contributed by atoms with Gasteiger partial charge in [-0.3, -0.25) is 0 Å². The molecule has 90 valence electrons. The van der Waals surface area contributed by atoms with Crippen molar-refractivity contribution in [2.75, 3.05) is 0 Å². The van der Waals surface area contributed by atoms with E-state index in [1.807, 2.05) is 11.4 Å². The van der Waals surface area contributed by atoms with Crippen LogP contribution in [0.2, 0.25) is 5.02 Å². The Morgan fingerprint density at radius 3 is 2.94 bits per heavy atom. The molecular weight excluding hydrogens is 275 g/mol. The van der Waals surface area contributed by atoms with E-state index in [-0.39, 0.29) is 16.3 Å². The molecule has 0 aliphatic rings. The maximum atomic E-state index is 13.9. The van der Waals surface area contributed by atoms with Gasteiger partial charge in [-0.25, -0.2) is 14.4 Å². The molecule has 0 radical (unpaired) electrons. The van der Waals surface area contributed by atoms with Crippen LogP contribution in [0.25, 0.3) is 21.5 Å². The van der Waals surface area contributed by atoms with Gasteiger partial charge in [0.25, 0.3) is 0 Å². The standard InChI is InChI=1S/C12H6ClFN2OS/c13-8-3-7(9(14)4-10(8)17)11-6-1-2-18-12(6)16-5-15-11/h1-5,17H. The lowest BCUT2D eigenvalue weighted by molar-refractivity contribution is 0.469. The predicted octanol–water partition coefficient (Wildman–Crippen LogP) is 3.86. The van der Waals surface area contributed by atoms with Gasteiger partial charge in [-0.1, -0.05) is 11.6 Å². The minimum absolute atomic E-state index is 0.0911. The number of phenolic OH excluding ortho intramolecular Hbond substituents is 1. The van der Waals surface area contributed by atoms with Gasteiger partial charge in [0, 0.05) is 17.0 Å². The highest BCUT2D eigenvalue weighted by Crippen LogP contribution is 2.35. The Morgan fingerprint density at radius 1 is 1.28 bits per heavy atom. The van der Waals surface area contributed by atoms with Crippen LogP contribution in [0.3, 0.4) is 0 Å². The number of aromatic nitrogens is 2. The molecule has 0 saturated heterocycles. The van der Waals surface area contributed by atoms with Crippen LogP contribution in [-0.2, 0) is 0 Å². The molecular formula is C12H6ClFN2OS. The first-order valence-corrected chi connectivity index (χ1v) is 6.29. The average molecular weight is 281 g/mol. The smallest absolute Gasteiger partial charge is 0.137 e. The SMILES string of the molecule is Oc1cc(F)c(-c2ncnc3sccc23)cc1Cl. The van der Waals surface area contributed by atoms with Gasteiger partial charge in [0.05, 0.1) is 10.7 Å². The van der Waals surface area contributed by atoms with E-state index in [2.05, 4.69) is 9.97 Å². The highest BCUT2D eigenvalue weighted by Gasteiger charge is 2.14. The van der Waals surface area contributed by atoms with Crippen molar-refractivity contribution in [1.29, 1.82) is 0 Å². The molecule has 0 saturated carbocycles. The van der Waals surface area contributed by atoms with E-state index in [9.17, 15) is 9.50 Å². The molecule has 1 aromatic carbocycles. The molecule has 0 aliphatic carbocycles. The van der Waals surface area contributed by atoms with Gasteiger partial charge >= 0.3 is 0 Å². The van der Waals surface area contributed by atoms with Crippen molar-refractivity contribution in [3.05, 3.63) is 40.7 Å². The number of hydrogen-bond acceptors (Lipinski definition) is 4. The summed E-state index contributed by atoms with van der Waals surface area (Å²) in [7, 11) is 0. The van der Waals surface area contributed by atoms with Gasteiger partial charge in [-0.05, 0) is 17.5 Å². The first kappa shape index (κ1) is 11.4. The van der Waals surface area contributed by atoms with Gasteiger partial charge in [0.1, 0.15) is 22.7 Å². The second-order valence-corrected chi connectivity index (χ2v) is 4.95. The Morgan fingerprint density at radius 2 is 2.11 bits per heavy atom. The fourth-order valence-corrected chi connectivity index (χ4v) is 2.62. The molecule has 6 heteroatoms. The molecule has 0 aliphatic heterocycles. The van der Waals surface area contributed by atoms with E-state index in [1.54, 1.807) is 0 Å². The summed E-state index contributed by atoms with van der Waals surface area (Å²) < 4.78 is 13.9. The zero-order chi connectivity index (χ0) is 12.7. The summed E-state index contributed by atoms with van der Waals surface area (Å²) >= 11 is 7.26. The van der Waals surface area contributed by atoms with E-state index in [0.717, 1.165) is 16.3 Å². The number of nitrogens with zero attached hydrogens (tertiary/aromatic N) is 2. The highest BCUT2D eigenvalue weighted by atomic mass is 35.5. The van der Waals surface area contributed by atoms with Crippen LogP contribution in [0.15, 0.2) is 29.9 Å². The zero-order valence-corrected chi connectivity index (χ0v) is 10.5. The van der Waals surface area contributed by atoms with Gasteiger partial charge < -0.3 is 5.11 Å². The Hall–Kier alpha value is -1.72. The molecule has 3 aromatic rings. The Balaban J connectivity index is 2.32. The van der Waals surface area contributed by atoms with Crippen molar-refractivity contribution >= 4 is 33.2 Å². The topological polar surface area (TPSA) is 46.0 Å². The van der Waals surface area contributed by atoms with Crippen LogP contribution >= 0.6 is 22.9 Å². The van der Waals surface area contributed by atoms with Gasteiger partial charge in [-0.15, -0.1) is 11.3 Å². The van der Waals surface area contributed by atoms with Crippen LogP contribution in [-0.4, -0.2) is 15.1 Å². The first-order chi connectivity index (χ1) is 8.66. The number of rotatable bonds is 1. The van der Waals surface area contributed by atoms with Crippen molar-refractivity contribution in [3.8, 4) is 17.0 Å². The lowest BCUT2D eigenvalue weighted by Gasteiger charge is -2.05. The molecule has 1 N–H and O–H groups in total. The second-order valence-electron chi connectivity index (χ2n) is 3.65. The molecule has 0 amide bonds. The molecule has 3 rings (SSSR count). The molecule has 0 unspecified atom stereocenters. The Kier molecular flexibility index (Phi) is 2.65. The number of phenols is 1. The van der Waals surface area contributed by atoms with Crippen molar-refractivity contribution in [2.24, 2.45) is 0 Å². The van der Waals surface area contributed by atoms with Crippen LogP contribution in [0, 0.1) is 5.82 Å². The fraction of sp³-hybridized carbons (Fsp3) is 0. The summed E-state index contributed by atoms with van der Waals surface area (Å²) in [5, 5.41) is 12.1. The van der Waals surface area contributed by atoms with Crippen LogP contribution in [0.1, 0.15) is 0 Å². The Bertz CT molecular complexity index is 744. The molecule has 0 fully saturated rings. The van der Waals surface area contributed by atoms with Gasteiger partial charge in [0.15, 0.2) is 0 Å². The molecule has 0 spiro atoms. The number of benzene rings is 1. The van der Waals surface area contributed by atoms with Crippen molar-refractivity contribution in [3.63, 3.8) is 0 Å². The van der Waals surface area contributed by atoms with E-state index >= 15 is 0 Å². The molecule has 3 nitrogen and oxygen atoms in total. The van der Waals surface area contributed by atoms with E-state index < -0.39 is 5.82 Å².